The normalized spacial score (nSPS) is 25.9. The predicted octanol–water partition coefficient (Wildman–Crippen LogP) is 4.03. The minimum absolute atomic E-state index is 0.0804. The van der Waals surface area contributed by atoms with Gasteiger partial charge in [0.05, 0.1) is 5.69 Å². The second-order valence-electron chi connectivity index (χ2n) is 8.50. The quantitative estimate of drug-likeness (QED) is 0.821. The minimum atomic E-state index is -0.0804. The largest absolute Gasteiger partial charge is 0.486 e. The number of pyridine rings is 1. The molecule has 4 heteroatoms. The van der Waals surface area contributed by atoms with E-state index in [1.165, 1.54) is 18.4 Å². The van der Waals surface area contributed by atoms with Gasteiger partial charge in [-0.05, 0) is 64.9 Å². The molecule has 0 amide bonds. The lowest BCUT2D eigenvalue weighted by Gasteiger charge is -2.43. The van der Waals surface area contributed by atoms with Crippen molar-refractivity contribution in [2.24, 2.45) is 0 Å². The summed E-state index contributed by atoms with van der Waals surface area (Å²) in [6, 6.07) is 15.5. The Kier molecular flexibility index (Phi) is 5.20. The fourth-order valence-corrected chi connectivity index (χ4v) is 4.64. The lowest BCUT2D eigenvalue weighted by molar-refractivity contribution is -0.0137. The van der Waals surface area contributed by atoms with E-state index >= 15 is 0 Å². The van der Waals surface area contributed by atoms with Crippen LogP contribution >= 0.6 is 0 Å². The minimum Gasteiger partial charge on any atom is -0.486 e. The van der Waals surface area contributed by atoms with E-state index in [9.17, 15) is 0 Å². The van der Waals surface area contributed by atoms with Crippen LogP contribution in [0.4, 0.5) is 0 Å². The van der Waals surface area contributed by atoms with Gasteiger partial charge in [-0.3, -0.25) is 9.88 Å². The number of ether oxygens (including phenoxy) is 1. The highest BCUT2D eigenvalue weighted by Crippen LogP contribution is 2.39. The Morgan fingerprint density at radius 1 is 1.11 bits per heavy atom. The number of fused-ring (bicyclic) bond motifs is 1. The number of para-hydroxylation sites is 1. The molecule has 1 aliphatic carbocycles. The van der Waals surface area contributed by atoms with Gasteiger partial charge in [-0.1, -0.05) is 24.3 Å². The van der Waals surface area contributed by atoms with Crippen molar-refractivity contribution in [1.82, 2.24) is 14.8 Å². The van der Waals surface area contributed by atoms with Crippen molar-refractivity contribution >= 4 is 0 Å². The first-order chi connectivity index (χ1) is 13.0. The third-order valence-electron chi connectivity index (χ3n) is 6.13. The Morgan fingerprint density at radius 3 is 2.63 bits per heavy atom. The summed E-state index contributed by atoms with van der Waals surface area (Å²) in [6.45, 7) is 4.83. The second kappa shape index (κ2) is 7.61. The Bertz CT molecular complexity index is 781. The van der Waals surface area contributed by atoms with Crippen LogP contribution in [0, 0.1) is 6.92 Å². The molecule has 0 saturated heterocycles. The molecular formula is C23H31N3O. The average molecular weight is 366 g/mol. The van der Waals surface area contributed by atoms with Crippen molar-refractivity contribution in [2.45, 2.75) is 57.3 Å². The maximum atomic E-state index is 6.72. The van der Waals surface area contributed by atoms with Crippen LogP contribution in [0.3, 0.4) is 0 Å². The van der Waals surface area contributed by atoms with Gasteiger partial charge >= 0.3 is 0 Å². The topological polar surface area (TPSA) is 28.6 Å². The molecule has 27 heavy (non-hydrogen) atoms. The van der Waals surface area contributed by atoms with Gasteiger partial charge in [-0.15, -0.1) is 0 Å². The van der Waals surface area contributed by atoms with Crippen LogP contribution in [-0.2, 0) is 13.1 Å². The number of aryl methyl sites for hydroxylation is 1. The lowest BCUT2D eigenvalue weighted by atomic mass is 9.81. The molecule has 1 aromatic heterocycles. The molecule has 0 unspecified atom stereocenters. The van der Waals surface area contributed by atoms with E-state index in [-0.39, 0.29) is 5.60 Å². The van der Waals surface area contributed by atoms with Gasteiger partial charge in [-0.2, -0.15) is 0 Å². The van der Waals surface area contributed by atoms with E-state index in [2.05, 4.69) is 73.3 Å². The van der Waals surface area contributed by atoms with Gasteiger partial charge in [0.25, 0.3) is 0 Å². The molecule has 0 bridgehead atoms. The van der Waals surface area contributed by atoms with Crippen LogP contribution in [0.25, 0.3) is 0 Å². The van der Waals surface area contributed by atoms with Crippen LogP contribution in [0.1, 0.15) is 42.6 Å². The summed E-state index contributed by atoms with van der Waals surface area (Å²) in [4.78, 5) is 9.63. The molecule has 1 saturated carbocycles. The summed E-state index contributed by atoms with van der Waals surface area (Å²) in [6.07, 6.45) is 4.63. The lowest BCUT2D eigenvalue weighted by Crippen LogP contribution is -2.50. The molecule has 1 aliphatic heterocycles. The van der Waals surface area contributed by atoms with Crippen LogP contribution in [-0.4, -0.2) is 47.1 Å². The summed E-state index contributed by atoms with van der Waals surface area (Å²) in [7, 11) is 4.39. The Hall–Kier alpha value is -1.91. The summed E-state index contributed by atoms with van der Waals surface area (Å²) in [5.41, 5.74) is 3.44. The molecule has 2 aromatic rings. The molecule has 4 nitrogen and oxygen atoms in total. The molecule has 0 atom stereocenters. The second-order valence-corrected chi connectivity index (χ2v) is 8.50. The number of aromatic nitrogens is 1. The Labute approximate surface area is 163 Å². The maximum absolute atomic E-state index is 6.72. The van der Waals surface area contributed by atoms with Gasteiger partial charge in [0.15, 0.2) is 0 Å². The zero-order valence-electron chi connectivity index (χ0n) is 16.8. The number of benzene rings is 1. The highest BCUT2D eigenvalue weighted by atomic mass is 16.5. The number of rotatable bonds is 3. The van der Waals surface area contributed by atoms with Gasteiger partial charge in [0.1, 0.15) is 11.4 Å². The third kappa shape index (κ3) is 4.17. The Morgan fingerprint density at radius 2 is 1.89 bits per heavy atom. The van der Waals surface area contributed by atoms with Gasteiger partial charge in [0, 0.05) is 36.9 Å². The molecule has 0 N–H and O–H groups in total. The van der Waals surface area contributed by atoms with E-state index in [0.717, 1.165) is 49.6 Å². The van der Waals surface area contributed by atoms with Crippen LogP contribution in [0.2, 0.25) is 0 Å². The maximum Gasteiger partial charge on any atom is 0.124 e. The third-order valence-corrected chi connectivity index (χ3v) is 6.13. The first-order valence-corrected chi connectivity index (χ1v) is 10.1. The summed E-state index contributed by atoms with van der Waals surface area (Å²) in [5, 5.41) is 0. The first kappa shape index (κ1) is 18.5. The van der Waals surface area contributed by atoms with Crippen LogP contribution in [0.5, 0.6) is 5.75 Å². The standard InChI is InChI=1S/C23H31N3O/c1-18-7-6-9-20(24-18)16-26-15-19-8-4-5-10-22(19)27-23(17-26)13-11-21(12-14-23)25(2)3/h4-10,21H,11-17H2,1-3H3. The fraction of sp³-hybridized carbons (Fsp3) is 0.522. The van der Waals surface area contributed by atoms with Gasteiger partial charge in [0.2, 0.25) is 0 Å². The zero-order chi connectivity index (χ0) is 18.9. The predicted molar refractivity (Wildman–Crippen MR) is 109 cm³/mol. The van der Waals surface area contributed by atoms with Crippen molar-refractivity contribution in [3.63, 3.8) is 0 Å². The molecule has 0 radical (unpaired) electrons. The van der Waals surface area contributed by atoms with Crippen molar-refractivity contribution < 1.29 is 4.74 Å². The van der Waals surface area contributed by atoms with E-state index in [4.69, 9.17) is 9.72 Å². The van der Waals surface area contributed by atoms with Gasteiger partial charge in [-0.25, -0.2) is 0 Å². The molecule has 144 valence electrons. The smallest absolute Gasteiger partial charge is 0.124 e. The summed E-state index contributed by atoms with van der Waals surface area (Å²) in [5.74, 6) is 1.07. The van der Waals surface area contributed by atoms with Crippen molar-refractivity contribution in [2.75, 3.05) is 20.6 Å². The van der Waals surface area contributed by atoms with Crippen molar-refractivity contribution in [1.29, 1.82) is 0 Å². The average Bonchev–Trinajstić information content (AvgIpc) is 2.78. The zero-order valence-corrected chi connectivity index (χ0v) is 16.8. The SMILES string of the molecule is Cc1cccc(CN2Cc3ccccc3OC3(CCC(N(C)C)CC3)C2)n1. The number of nitrogens with zero attached hydrogens (tertiary/aromatic N) is 3. The fourth-order valence-electron chi connectivity index (χ4n) is 4.64. The van der Waals surface area contributed by atoms with Crippen molar-refractivity contribution in [3.05, 3.63) is 59.4 Å². The first-order valence-electron chi connectivity index (χ1n) is 10.1. The molecule has 1 fully saturated rings. The highest BCUT2D eigenvalue weighted by Gasteiger charge is 2.41. The molecule has 2 aliphatic rings. The van der Waals surface area contributed by atoms with Gasteiger partial charge < -0.3 is 9.64 Å². The molecule has 4 rings (SSSR count). The Balaban J connectivity index is 1.59. The summed E-state index contributed by atoms with van der Waals surface area (Å²) >= 11 is 0. The van der Waals surface area contributed by atoms with Crippen LogP contribution < -0.4 is 4.74 Å². The molecular weight excluding hydrogens is 334 g/mol. The van der Waals surface area contributed by atoms with Crippen LogP contribution in [0.15, 0.2) is 42.5 Å². The molecule has 2 heterocycles. The van der Waals surface area contributed by atoms with E-state index in [0.29, 0.717) is 6.04 Å². The van der Waals surface area contributed by atoms with E-state index in [1.807, 2.05) is 0 Å². The molecule has 1 aromatic carbocycles. The van der Waals surface area contributed by atoms with E-state index in [1.54, 1.807) is 0 Å². The number of hydrogen-bond donors (Lipinski definition) is 0. The van der Waals surface area contributed by atoms with E-state index < -0.39 is 0 Å². The van der Waals surface area contributed by atoms with Crippen molar-refractivity contribution in [3.8, 4) is 5.75 Å². The monoisotopic (exact) mass is 365 g/mol. The summed E-state index contributed by atoms with van der Waals surface area (Å²) < 4.78 is 6.72. The number of hydrogen-bond acceptors (Lipinski definition) is 4. The highest BCUT2D eigenvalue weighted by molar-refractivity contribution is 5.35. The molecule has 1 spiro atoms.